The van der Waals surface area contributed by atoms with E-state index in [1.165, 1.54) is 29.3 Å². The largest absolute Gasteiger partial charge is 0.350 e. The number of carbonyl (C=O) groups is 1. The van der Waals surface area contributed by atoms with Gasteiger partial charge >= 0.3 is 0 Å². The lowest BCUT2D eigenvalue weighted by atomic mass is 9.88. The zero-order valence-electron chi connectivity index (χ0n) is 20.0. The van der Waals surface area contributed by atoms with Crippen molar-refractivity contribution in [2.24, 2.45) is 13.0 Å². The molecular weight excluding hydrogens is 446 g/mol. The molecule has 0 radical (unpaired) electrons. The fourth-order valence-corrected chi connectivity index (χ4v) is 6.28. The van der Waals surface area contributed by atoms with Crippen LogP contribution in [0.4, 0.5) is 5.69 Å². The van der Waals surface area contributed by atoms with Crippen LogP contribution in [0.3, 0.4) is 0 Å². The summed E-state index contributed by atoms with van der Waals surface area (Å²) in [6, 6.07) is 14.0. The maximum atomic E-state index is 12.8. The molecule has 2 heterocycles. The molecule has 2 aliphatic rings. The van der Waals surface area contributed by atoms with Gasteiger partial charge in [-0.3, -0.25) is 9.52 Å². The van der Waals surface area contributed by atoms with E-state index >= 15 is 0 Å². The number of rotatable bonds is 5. The second kappa shape index (κ2) is 9.10. The number of carbonyl (C=O) groups excluding carboxylic acids is 1. The molecular formula is C27H33N3O3S. The molecule has 1 aromatic heterocycles. The van der Waals surface area contributed by atoms with Gasteiger partial charge in [0.05, 0.1) is 6.26 Å². The number of piperidine rings is 1. The molecule has 1 aliphatic carbocycles. The van der Waals surface area contributed by atoms with Gasteiger partial charge in [0, 0.05) is 48.8 Å². The Labute approximate surface area is 202 Å². The summed E-state index contributed by atoms with van der Waals surface area (Å²) in [5.41, 5.74) is 5.29. The lowest BCUT2D eigenvalue weighted by Crippen LogP contribution is -2.40. The molecule has 3 aromatic rings. The quantitative estimate of drug-likeness (QED) is 0.553. The van der Waals surface area contributed by atoms with Crippen LogP contribution in [0.1, 0.15) is 50.0 Å². The molecule has 1 saturated carbocycles. The van der Waals surface area contributed by atoms with Crippen molar-refractivity contribution in [1.29, 1.82) is 0 Å². The summed E-state index contributed by atoms with van der Waals surface area (Å²) in [5.74, 6) is 1.09. The van der Waals surface area contributed by atoms with Crippen LogP contribution >= 0.6 is 0 Å². The second-order valence-corrected chi connectivity index (χ2v) is 11.7. The summed E-state index contributed by atoms with van der Waals surface area (Å²) in [6.07, 6.45) is 9.95. The van der Waals surface area contributed by atoms with Crippen LogP contribution in [0, 0.1) is 5.92 Å². The fourth-order valence-electron chi connectivity index (χ4n) is 5.71. The lowest BCUT2D eigenvalue weighted by molar-refractivity contribution is -0.136. The average molecular weight is 480 g/mol. The number of benzene rings is 2. The van der Waals surface area contributed by atoms with E-state index in [4.69, 9.17) is 0 Å². The molecule has 0 unspecified atom stereocenters. The third kappa shape index (κ3) is 4.71. The predicted molar refractivity (Wildman–Crippen MR) is 137 cm³/mol. The summed E-state index contributed by atoms with van der Waals surface area (Å²) in [6.45, 7) is 1.70. The summed E-state index contributed by atoms with van der Waals surface area (Å²) in [5, 5.41) is 1.26. The Hall–Kier alpha value is -2.80. The Morgan fingerprint density at radius 2 is 1.59 bits per heavy atom. The maximum Gasteiger partial charge on any atom is 0.229 e. The van der Waals surface area contributed by atoms with Gasteiger partial charge in [-0.15, -0.1) is 0 Å². The summed E-state index contributed by atoms with van der Waals surface area (Å²) in [4.78, 5) is 15.0. The first kappa shape index (κ1) is 23.0. The van der Waals surface area contributed by atoms with Crippen molar-refractivity contribution in [1.82, 2.24) is 9.47 Å². The zero-order chi connectivity index (χ0) is 23.9. The first-order valence-electron chi connectivity index (χ1n) is 12.2. The highest BCUT2D eigenvalue weighted by Crippen LogP contribution is 2.37. The second-order valence-electron chi connectivity index (χ2n) is 9.96. The van der Waals surface area contributed by atoms with E-state index in [0.29, 0.717) is 17.5 Å². The molecule has 1 aliphatic heterocycles. The van der Waals surface area contributed by atoms with Crippen molar-refractivity contribution in [2.75, 3.05) is 24.1 Å². The highest BCUT2D eigenvalue weighted by atomic mass is 32.2. The average Bonchev–Trinajstić information content (AvgIpc) is 3.47. The normalized spacial score (nSPS) is 18.0. The minimum Gasteiger partial charge on any atom is -0.350 e. The highest BCUT2D eigenvalue weighted by Gasteiger charge is 2.31. The van der Waals surface area contributed by atoms with E-state index in [0.717, 1.165) is 56.2 Å². The van der Waals surface area contributed by atoms with Crippen molar-refractivity contribution in [2.45, 2.75) is 44.4 Å². The number of likely N-dealkylation sites (tertiary alicyclic amines) is 1. The van der Waals surface area contributed by atoms with Crippen LogP contribution < -0.4 is 4.72 Å². The van der Waals surface area contributed by atoms with Crippen molar-refractivity contribution < 1.29 is 13.2 Å². The lowest BCUT2D eigenvalue weighted by Gasteiger charge is -2.33. The fraction of sp³-hybridized carbons (Fsp3) is 0.444. The van der Waals surface area contributed by atoms with Crippen LogP contribution in [0.5, 0.6) is 0 Å². The van der Waals surface area contributed by atoms with Crippen molar-refractivity contribution in [3.05, 3.63) is 54.2 Å². The number of nitrogens with one attached hydrogen (secondary N) is 1. The van der Waals surface area contributed by atoms with E-state index in [1.54, 1.807) is 12.1 Å². The Morgan fingerprint density at radius 1 is 0.941 bits per heavy atom. The number of hydrogen-bond acceptors (Lipinski definition) is 3. The Balaban J connectivity index is 1.36. The number of aryl methyl sites for hydroxylation is 1. The van der Waals surface area contributed by atoms with Gasteiger partial charge in [0.2, 0.25) is 15.9 Å². The van der Waals surface area contributed by atoms with Gasteiger partial charge in [0.15, 0.2) is 0 Å². The predicted octanol–water partition coefficient (Wildman–Crippen LogP) is 5.11. The minimum absolute atomic E-state index is 0.260. The number of nitrogens with zero attached hydrogens (tertiary/aromatic N) is 2. The number of hydrogen-bond donors (Lipinski definition) is 1. The van der Waals surface area contributed by atoms with Gasteiger partial charge in [-0.2, -0.15) is 0 Å². The smallest absolute Gasteiger partial charge is 0.229 e. The molecule has 34 heavy (non-hydrogen) atoms. The van der Waals surface area contributed by atoms with Crippen LogP contribution in [0.2, 0.25) is 0 Å². The molecule has 2 fully saturated rings. The number of fused-ring (bicyclic) bond motifs is 1. The molecule has 1 N–H and O–H groups in total. The van der Waals surface area contributed by atoms with Gasteiger partial charge in [-0.05, 0) is 72.6 Å². The van der Waals surface area contributed by atoms with E-state index in [2.05, 4.69) is 45.6 Å². The molecule has 5 rings (SSSR count). The van der Waals surface area contributed by atoms with Gasteiger partial charge in [-0.1, -0.05) is 31.0 Å². The Kier molecular flexibility index (Phi) is 6.15. The van der Waals surface area contributed by atoms with Gasteiger partial charge in [0.25, 0.3) is 0 Å². The first-order chi connectivity index (χ1) is 16.3. The summed E-state index contributed by atoms with van der Waals surface area (Å²) in [7, 11) is -1.20. The monoisotopic (exact) mass is 479 g/mol. The zero-order valence-corrected chi connectivity index (χ0v) is 20.8. The van der Waals surface area contributed by atoms with Crippen LogP contribution in [-0.2, 0) is 21.9 Å². The highest BCUT2D eigenvalue weighted by molar-refractivity contribution is 7.92. The SMILES string of the molecule is Cn1cc(C2CCN(C(=O)C3CCCC3)CC2)c2cc(-c3ccc(NS(C)(=O)=O)cc3)ccc21. The number of sulfonamides is 1. The van der Waals surface area contributed by atoms with Crippen LogP contribution in [0.15, 0.2) is 48.7 Å². The van der Waals surface area contributed by atoms with Crippen LogP contribution in [-0.4, -0.2) is 43.1 Å². The van der Waals surface area contributed by atoms with Crippen molar-refractivity contribution in [3.63, 3.8) is 0 Å². The molecule has 0 bridgehead atoms. The maximum absolute atomic E-state index is 12.8. The van der Waals surface area contributed by atoms with Crippen molar-refractivity contribution in [3.8, 4) is 11.1 Å². The summed E-state index contributed by atoms with van der Waals surface area (Å²) < 4.78 is 27.7. The first-order valence-corrected chi connectivity index (χ1v) is 14.1. The molecule has 1 saturated heterocycles. The van der Waals surface area contributed by atoms with Gasteiger partial charge < -0.3 is 9.47 Å². The third-order valence-corrected chi connectivity index (χ3v) is 8.10. The van der Waals surface area contributed by atoms with E-state index in [-0.39, 0.29) is 5.92 Å². The Bertz CT molecular complexity index is 1300. The Morgan fingerprint density at radius 3 is 2.24 bits per heavy atom. The topological polar surface area (TPSA) is 71.4 Å². The standard InChI is InChI=1S/C27H33N3O3S/c1-29-18-25(20-13-15-30(16-14-20)27(31)21-5-3-4-6-21)24-17-22(9-12-26(24)29)19-7-10-23(11-8-19)28-34(2,32)33/h7-12,17-18,20-21,28H,3-6,13-16H2,1-2H3. The number of aromatic nitrogens is 1. The van der Waals surface area contributed by atoms with Crippen molar-refractivity contribution >= 4 is 32.5 Å². The van der Waals surface area contributed by atoms with Gasteiger partial charge in [0.1, 0.15) is 0 Å². The van der Waals surface area contributed by atoms with Crippen LogP contribution in [0.25, 0.3) is 22.0 Å². The van der Waals surface area contributed by atoms with E-state index in [1.807, 2.05) is 12.1 Å². The third-order valence-electron chi connectivity index (χ3n) is 7.49. The molecule has 7 heteroatoms. The van der Waals surface area contributed by atoms with Gasteiger partial charge in [-0.25, -0.2) is 8.42 Å². The molecule has 180 valence electrons. The number of amides is 1. The molecule has 0 atom stereocenters. The molecule has 0 spiro atoms. The molecule has 2 aromatic carbocycles. The summed E-state index contributed by atoms with van der Waals surface area (Å²) >= 11 is 0. The number of anilines is 1. The minimum atomic E-state index is -3.29. The molecule has 1 amide bonds. The van der Waals surface area contributed by atoms with E-state index < -0.39 is 10.0 Å². The molecule has 6 nitrogen and oxygen atoms in total. The van der Waals surface area contributed by atoms with E-state index in [9.17, 15) is 13.2 Å².